The van der Waals surface area contributed by atoms with E-state index in [1.165, 1.54) is 45.3 Å². The summed E-state index contributed by atoms with van der Waals surface area (Å²) in [6.45, 7) is 5.20. The number of ether oxygens (including phenoxy) is 1. The second-order valence-corrected chi connectivity index (χ2v) is 6.70. The summed E-state index contributed by atoms with van der Waals surface area (Å²) in [5.41, 5.74) is 6.79. The van der Waals surface area contributed by atoms with Crippen LogP contribution in [0.5, 0.6) is 5.75 Å². The summed E-state index contributed by atoms with van der Waals surface area (Å²) in [4.78, 5) is 2.68. The molecule has 1 aromatic rings. The van der Waals surface area contributed by atoms with Gasteiger partial charge in [0.1, 0.15) is 5.75 Å². The van der Waals surface area contributed by atoms with Gasteiger partial charge in [-0.3, -0.25) is 0 Å². The smallest absolute Gasteiger partial charge is 0.119 e. The molecule has 3 rings (SSSR count). The average molecular weight is 288 g/mol. The number of benzene rings is 1. The maximum atomic E-state index is 5.86. The Labute approximate surface area is 128 Å². The minimum absolute atomic E-state index is 0.577. The van der Waals surface area contributed by atoms with Gasteiger partial charge in [0, 0.05) is 26.2 Å². The van der Waals surface area contributed by atoms with Crippen molar-refractivity contribution in [3.8, 4) is 5.75 Å². The fraction of sp³-hybridized carbons (Fsp3) is 0.667. The van der Waals surface area contributed by atoms with E-state index in [9.17, 15) is 0 Å². The molecule has 0 bridgehead atoms. The highest BCUT2D eigenvalue weighted by molar-refractivity contribution is 5.28. The Morgan fingerprint density at radius 1 is 1.10 bits per heavy atom. The molecule has 0 atom stereocenters. The molecule has 0 spiro atoms. The lowest BCUT2D eigenvalue weighted by molar-refractivity contribution is 0.220. The van der Waals surface area contributed by atoms with Gasteiger partial charge in [-0.05, 0) is 61.6 Å². The quantitative estimate of drug-likeness (QED) is 0.673. The van der Waals surface area contributed by atoms with Crippen molar-refractivity contribution in [2.45, 2.75) is 38.6 Å². The molecule has 21 heavy (non-hydrogen) atoms. The van der Waals surface area contributed by atoms with E-state index in [2.05, 4.69) is 4.90 Å². The Morgan fingerprint density at radius 2 is 1.81 bits per heavy atom. The van der Waals surface area contributed by atoms with Crippen LogP contribution in [-0.2, 0) is 6.54 Å². The van der Waals surface area contributed by atoms with E-state index in [-0.39, 0.29) is 0 Å². The van der Waals surface area contributed by atoms with Crippen LogP contribution in [0.1, 0.15) is 37.7 Å². The van der Waals surface area contributed by atoms with Crippen LogP contribution in [0.3, 0.4) is 0 Å². The third-order valence-corrected chi connectivity index (χ3v) is 4.45. The molecule has 0 unspecified atom stereocenters. The summed E-state index contributed by atoms with van der Waals surface area (Å²) in [5.74, 6) is 2.94. The Balaban J connectivity index is 1.36. The van der Waals surface area contributed by atoms with Crippen molar-refractivity contribution in [3.05, 3.63) is 29.8 Å². The lowest BCUT2D eigenvalue weighted by atomic mass is 10.2. The summed E-state index contributed by atoms with van der Waals surface area (Å²) in [7, 11) is 0. The highest BCUT2D eigenvalue weighted by Gasteiger charge is 2.28. The van der Waals surface area contributed by atoms with Gasteiger partial charge in [-0.15, -0.1) is 0 Å². The van der Waals surface area contributed by atoms with Gasteiger partial charge < -0.3 is 15.4 Å². The summed E-state index contributed by atoms with van der Waals surface area (Å²) in [6, 6.07) is 8.13. The Morgan fingerprint density at radius 3 is 2.43 bits per heavy atom. The van der Waals surface area contributed by atoms with Crippen molar-refractivity contribution in [1.29, 1.82) is 0 Å². The first-order valence-electron chi connectivity index (χ1n) is 8.47. The van der Waals surface area contributed by atoms with E-state index >= 15 is 0 Å². The van der Waals surface area contributed by atoms with E-state index in [1.807, 2.05) is 24.3 Å². The number of hydrogen-bond acceptors (Lipinski definition) is 3. The molecule has 0 saturated heterocycles. The predicted molar refractivity (Wildman–Crippen MR) is 86.3 cm³/mol. The molecule has 2 N–H and O–H groups in total. The van der Waals surface area contributed by atoms with Crippen LogP contribution in [0, 0.1) is 11.8 Å². The molecule has 0 aromatic heterocycles. The Hall–Kier alpha value is -1.06. The molecule has 2 aliphatic rings. The van der Waals surface area contributed by atoms with Crippen LogP contribution >= 0.6 is 0 Å². The van der Waals surface area contributed by atoms with Crippen molar-refractivity contribution in [1.82, 2.24) is 4.90 Å². The van der Waals surface area contributed by atoms with Gasteiger partial charge >= 0.3 is 0 Å². The minimum Gasteiger partial charge on any atom is -0.494 e. The lowest BCUT2D eigenvalue weighted by Crippen LogP contribution is -2.30. The predicted octanol–water partition coefficient (Wildman–Crippen LogP) is 3.04. The first-order valence-corrected chi connectivity index (χ1v) is 8.47. The van der Waals surface area contributed by atoms with Gasteiger partial charge in [-0.1, -0.05) is 12.1 Å². The zero-order valence-corrected chi connectivity index (χ0v) is 13.0. The highest BCUT2D eigenvalue weighted by Crippen LogP contribution is 2.33. The second-order valence-electron chi connectivity index (χ2n) is 6.70. The standard InChI is InChI=1S/C18H28N2O/c19-12-17-3-1-4-18(11-17)21-10-2-9-20(13-15-5-6-15)14-16-7-8-16/h1,3-4,11,15-16H,2,5-10,12-14,19H2. The van der Waals surface area contributed by atoms with Gasteiger partial charge in [0.15, 0.2) is 0 Å². The molecule has 0 heterocycles. The maximum Gasteiger partial charge on any atom is 0.119 e. The normalized spacial score (nSPS) is 18.2. The molecule has 3 nitrogen and oxygen atoms in total. The fourth-order valence-corrected chi connectivity index (χ4v) is 2.83. The van der Waals surface area contributed by atoms with Crippen LogP contribution in [0.2, 0.25) is 0 Å². The SMILES string of the molecule is NCc1cccc(OCCCN(CC2CC2)CC2CC2)c1. The van der Waals surface area contributed by atoms with Crippen molar-refractivity contribution in [2.24, 2.45) is 17.6 Å². The Bertz CT molecular complexity index is 427. The molecular formula is C18H28N2O. The monoisotopic (exact) mass is 288 g/mol. The molecule has 0 amide bonds. The third kappa shape index (κ3) is 5.33. The molecule has 116 valence electrons. The van der Waals surface area contributed by atoms with Gasteiger partial charge in [-0.2, -0.15) is 0 Å². The largest absolute Gasteiger partial charge is 0.494 e. The van der Waals surface area contributed by atoms with Crippen molar-refractivity contribution in [2.75, 3.05) is 26.2 Å². The number of rotatable bonds is 10. The molecule has 0 aliphatic heterocycles. The second kappa shape index (κ2) is 7.28. The summed E-state index contributed by atoms with van der Waals surface area (Å²) in [5, 5.41) is 0. The van der Waals surface area contributed by atoms with E-state index in [1.54, 1.807) is 0 Å². The van der Waals surface area contributed by atoms with Crippen molar-refractivity contribution in [3.63, 3.8) is 0 Å². The fourth-order valence-electron chi connectivity index (χ4n) is 2.83. The highest BCUT2D eigenvalue weighted by atomic mass is 16.5. The van der Waals surface area contributed by atoms with E-state index in [4.69, 9.17) is 10.5 Å². The molecule has 3 heteroatoms. The van der Waals surface area contributed by atoms with Gasteiger partial charge in [0.05, 0.1) is 6.61 Å². The summed E-state index contributed by atoms with van der Waals surface area (Å²) in [6.07, 6.45) is 6.91. The van der Waals surface area contributed by atoms with Gasteiger partial charge in [0.25, 0.3) is 0 Å². The topological polar surface area (TPSA) is 38.5 Å². The van der Waals surface area contributed by atoms with Crippen LogP contribution < -0.4 is 10.5 Å². The first-order chi connectivity index (χ1) is 10.3. The molecule has 2 fully saturated rings. The van der Waals surface area contributed by atoms with Crippen molar-refractivity contribution < 1.29 is 4.74 Å². The maximum absolute atomic E-state index is 5.86. The van der Waals surface area contributed by atoms with Gasteiger partial charge in [-0.25, -0.2) is 0 Å². The van der Waals surface area contributed by atoms with Crippen molar-refractivity contribution >= 4 is 0 Å². The van der Waals surface area contributed by atoms with Crippen LogP contribution in [-0.4, -0.2) is 31.1 Å². The van der Waals surface area contributed by atoms with Crippen LogP contribution in [0.4, 0.5) is 0 Å². The van der Waals surface area contributed by atoms with E-state index < -0.39 is 0 Å². The molecule has 1 aromatic carbocycles. The summed E-state index contributed by atoms with van der Waals surface area (Å²) < 4.78 is 5.86. The lowest BCUT2D eigenvalue weighted by Gasteiger charge is -2.22. The molecule has 2 saturated carbocycles. The molecule has 2 aliphatic carbocycles. The zero-order chi connectivity index (χ0) is 14.5. The minimum atomic E-state index is 0.577. The first kappa shape index (κ1) is 14.9. The zero-order valence-electron chi connectivity index (χ0n) is 13.0. The Kier molecular flexibility index (Phi) is 5.15. The number of nitrogens with zero attached hydrogens (tertiary/aromatic N) is 1. The number of hydrogen-bond donors (Lipinski definition) is 1. The van der Waals surface area contributed by atoms with Crippen LogP contribution in [0.25, 0.3) is 0 Å². The molecule has 0 radical (unpaired) electrons. The average Bonchev–Trinajstić information content (AvgIpc) is 3.40. The third-order valence-electron chi connectivity index (χ3n) is 4.45. The van der Waals surface area contributed by atoms with Gasteiger partial charge in [0.2, 0.25) is 0 Å². The van der Waals surface area contributed by atoms with E-state index in [0.29, 0.717) is 6.54 Å². The number of nitrogens with two attached hydrogens (primary N) is 1. The van der Waals surface area contributed by atoms with Crippen LogP contribution in [0.15, 0.2) is 24.3 Å². The van der Waals surface area contributed by atoms with E-state index in [0.717, 1.165) is 36.2 Å². The molecular weight excluding hydrogens is 260 g/mol. The summed E-state index contributed by atoms with van der Waals surface area (Å²) >= 11 is 0.